The molecule has 0 radical (unpaired) electrons. The minimum atomic E-state index is -0.476. The Morgan fingerprint density at radius 2 is 1.86 bits per heavy atom. The number of rotatable bonds is 2. The molecule has 0 fully saturated rings. The van der Waals surface area contributed by atoms with Crippen molar-refractivity contribution in [1.29, 1.82) is 0 Å². The molecular formula is C16H11ClN2O2. The van der Waals surface area contributed by atoms with Crippen LogP contribution in [0.2, 0.25) is 5.02 Å². The number of halogens is 1. The van der Waals surface area contributed by atoms with Crippen LogP contribution < -0.4 is 5.32 Å². The van der Waals surface area contributed by atoms with Crippen LogP contribution in [0.25, 0.3) is 10.9 Å². The molecule has 21 heavy (non-hydrogen) atoms. The Balaban J connectivity index is 2.01. The van der Waals surface area contributed by atoms with Gasteiger partial charge in [-0.2, -0.15) is 0 Å². The number of para-hydroxylation sites is 1. The Kier molecular flexibility index (Phi) is 3.46. The maximum Gasteiger partial charge on any atom is 0.261 e. The van der Waals surface area contributed by atoms with Crippen LogP contribution in [-0.4, -0.2) is 16.0 Å². The summed E-state index contributed by atoms with van der Waals surface area (Å²) in [5, 5.41) is 13.6. The van der Waals surface area contributed by atoms with Gasteiger partial charge in [-0.15, -0.1) is 0 Å². The maximum atomic E-state index is 12.3. The number of benzene rings is 2. The number of aromatic hydroxyl groups is 1. The van der Waals surface area contributed by atoms with Crippen LogP contribution >= 0.6 is 11.6 Å². The zero-order valence-electron chi connectivity index (χ0n) is 10.9. The second kappa shape index (κ2) is 5.42. The molecule has 0 unspecified atom stereocenters. The van der Waals surface area contributed by atoms with Crippen LogP contribution in [-0.2, 0) is 0 Å². The molecule has 104 valence electrons. The lowest BCUT2D eigenvalue weighted by Gasteiger charge is -2.10. The second-order valence-electron chi connectivity index (χ2n) is 4.47. The molecule has 3 rings (SSSR count). The first-order valence-corrected chi connectivity index (χ1v) is 6.67. The van der Waals surface area contributed by atoms with Gasteiger partial charge >= 0.3 is 0 Å². The zero-order valence-corrected chi connectivity index (χ0v) is 11.6. The standard InChI is InChI=1S/C16H11ClN2O2/c17-11-6-2-8-13(20)14(11)16(21)19-12-7-1-4-10-5-3-9-18-15(10)12/h1-9,20H,(H,19,21). The van der Waals surface area contributed by atoms with Crippen molar-refractivity contribution in [1.82, 2.24) is 4.98 Å². The fraction of sp³-hybridized carbons (Fsp3) is 0. The third-order valence-electron chi connectivity index (χ3n) is 3.10. The van der Waals surface area contributed by atoms with Gasteiger partial charge in [0.2, 0.25) is 0 Å². The van der Waals surface area contributed by atoms with E-state index in [1.54, 1.807) is 24.4 Å². The zero-order chi connectivity index (χ0) is 14.8. The smallest absolute Gasteiger partial charge is 0.261 e. The second-order valence-corrected chi connectivity index (χ2v) is 4.88. The number of phenolic OH excluding ortho intramolecular Hbond substituents is 1. The van der Waals surface area contributed by atoms with Crippen molar-refractivity contribution in [3.05, 3.63) is 65.3 Å². The molecule has 4 nitrogen and oxygen atoms in total. The van der Waals surface area contributed by atoms with Crippen LogP contribution in [0.15, 0.2) is 54.7 Å². The maximum absolute atomic E-state index is 12.3. The van der Waals surface area contributed by atoms with E-state index in [0.29, 0.717) is 11.2 Å². The normalized spacial score (nSPS) is 10.5. The Labute approximate surface area is 126 Å². The number of nitrogens with one attached hydrogen (secondary N) is 1. The molecule has 2 N–H and O–H groups in total. The summed E-state index contributed by atoms with van der Waals surface area (Å²) in [5.74, 6) is -0.635. The van der Waals surface area contributed by atoms with Crippen LogP contribution in [0, 0.1) is 0 Å². The van der Waals surface area contributed by atoms with Crippen molar-refractivity contribution >= 4 is 34.1 Å². The average molecular weight is 299 g/mol. The summed E-state index contributed by atoms with van der Waals surface area (Å²) >= 11 is 5.97. The third-order valence-corrected chi connectivity index (χ3v) is 3.41. The minimum absolute atomic E-state index is 0.0482. The van der Waals surface area contributed by atoms with Gasteiger partial charge in [0, 0.05) is 11.6 Å². The summed E-state index contributed by atoms with van der Waals surface area (Å²) < 4.78 is 0. The van der Waals surface area contributed by atoms with Gasteiger partial charge in [-0.25, -0.2) is 0 Å². The van der Waals surface area contributed by atoms with Gasteiger partial charge in [0.1, 0.15) is 11.3 Å². The Morgan fingerprint density at radius 3 is 2.67 bits per heavy atom. The van der Waals surface area contributed by atoms with E-state index in [1.165, 1.54) is 6.07 Å². The van der Waals surface area contributed by atoms with Crippen molar-refractivity contribution in [3.63, 3.8) is 0 Å². The number of phenols is 1. The highest BCUT2D eigenvalue weighted by Gasteiger charge is 2.16. The molecular weight excluding hydrogens is 288 g/mol. The number of carbonyl (C=O) groups excluding carboxylic acids is 1. The Bertz CT molecular complexity index is 808. The first kappa shape index (κ1) is 13.4. The SMILES string of the molecule is O=C(Nc1cccc2cccnc12)c1c(O)cccc1Cl. The van der Waals surface area contributed by atoms with Crippen LogP contribution in [0.3, 0.4) is 0 Å². The molecule has 0 aliphatic rings. The number of nitrogens with zero attached hydrogens (tertiary/aromatic N) is 1. The predicted molar refractivity (Wildman–Crippen MR) is 82.8 cm³/mol. The summed E-state index contributed by atoms with van der Waals surface area (Å²) in [7, 11) is 0. The van der Waals surface area contributed by atoms with Gasteiger partial charge in [-0.05, 0) is 24.3 Å². The molecule has 3 aromatic rings. The van der Waals surface area contributed by atoms with Gasteiger partial charge < -0.3 is 10.4 Å². The van der Waals surface area contributed by atoms with Crippen molar-refractivity contribution < 1.29 is 9.90 Å². The molecule has 0 spiro atoms. The minimum Gasteiger partial charge on any atom is -0.507 e. The van der Waals surface area contributed by atoms with E-state index in [-0.39, 0.29) is 16.3 Å². The summed E-state index contributed by atoms with van der Waals surface area (Å²) in [6.07, 6.45) is 1.66. The molecule has 2 aromatic carbocycles. The van der Waals surface area contributed by atoms with Crippen molar-refractivity contribution in [3.8, 4) is 5.75 Å². The van der Waals surface area contributed by atoms with E-state index < -0.39 is 5.91 Å². The van der Waals surface area contributed by atoms with Crippen molar-refractivity contribution in [2.75, 3.05) is 5.32 Å². The predicted octanol–water partition coefficient (Wildman–Crippen LogP) is 3.85. The van der Waals surface area contributed by atoms with E-state index in [4.69, 9.17) is 11.6 Å². The molecule has 1 amide bonds. The first-order chi connectivity index (χ1) is 10.2. The molecule has 0 aliphatic heterocycles. The lowest BCUT2D eigenvalue weighted by atomic mass is 10.1. The summed E-state index contributed by atoms with van der Waals surface area (Å²) in [4.78, 5) is 16.6. The highest BCUT2D eigenvalue weighted by Crippen LogP contribution is 2.27. The monoisotopic (exact) mass is 298 g/mol. The van der Waals surface area contributed by atoms with Gasteiger partial charge in [-0.1, -0.05) is 35.9 Å². The van der Waals surface area contributed by atoms with Crippen LogP contribution in [0.5, 0.6) is 5.75 Å². The fourth-order valence-corrected chi connectivity index (χ4v) is 2.38. The summed E-state index contributed by atoms with van der Waals surface area (Å²) in [5.41, 5.74) is 1.30. The average Bonchev–Trinajstić information content (AvgIpc) is 2.47. The number of hydrogen-bond acceptors (Lipinski definition) is 3. The number of anilines is 1. The summed E-state index contributed by atoms with van der Waals surface area (Å²) in [6, 6.07) is 13.8. The van der Waals surface area contributed by atoms with Crippen molar-refractivity contribution in [2.24, 2.45) is 0 Å². The Hall–Kier alpha value is -2.59. The highest BCUT2D eigenvalue weighted by atomic mass is 35.5. The third kappa shape index (κ3) is 2.53. The number of fused-ring (bicyclic) bond motifs is 1. The molecule has 0 aliphatic carbocycles. The van der Waals surface area contributed by atoms with E-state index in [2.05, 4.69) is 10.3 Å². The molecule has 1 aromatic heterocycles. The van der Waals surface area contributed by atoms with E-state index in [0.717, 1.165) is 5.39 Å². The topological polar surface area (TPSA) is 62.2 Å². The molecule has 0 saturated heterocycles. The number of amides is 1. The fourth-order valence-electron chi connectivity index (χ4n) is 2.13. The van der Waals surface area contributed by atoms with Gasteiger partial charge in [0.25, 0.3) is 5.91 Å². The first-order valence-electron chi connectivity index (χ1n) is 6.29. The number of hydrogen-bond donors (Lipinski definition) is 2. The largest absolute Gasteiger partial charge is 0.507 e. The van der Waals surface area contributed by atoms with Gasteiger partial charge in [0.15, 0.2) is 0 Å². The number of carbonyl (C=O) groups is 1. The van der Waals surface area contributed by atoms with E-state index in [9.17, 15) is 9.90 Å². The number of aromatic nitrogens is 1. The molecule has 0 bridgehead atoms. The van der Waals surface area contributed by atoms with Gasteiger partial charge in [0.05, 0.1) is 16.2 Å². The lowest BCUT2D eigenvalue weighted by Crippen LogP contribution is -2.13. The van der Waals surface area contributed by atoms with E-state index in [1.807, 2.05) is 24.3 Å². The van der Waals surface area contributed by atoms with E-state index >= 15 is 0 Å². The van der Waals surface area contributed by atoms with Crippen molar-refractivity contribution in [2.45, 2.75) is 0 Å². The number of pyridine rings is 1. The quantitative estimate of drug-likeness (QED) is 0.755. The van der Waals surface area contributed by atoms with Gasteiger partial charge in [-0.3, -0.25) is 9.78 Å². The molecule has 0 saturated carbocycles. The lowest BCUT2D eigenvalue weighted by molar-refractivity contribution is 0.102. The van der Waals surface area contributed by atoms with Crippen LogP contribution in [0.1, 0.15) is 10.4 Å². The molecule has 0 atom stereocenters. The van der Waals surface area contributed by atoms with Crippen LogP contribution in [0.4, 0.5) is 5.69 Å². The molecule has 1 heterocycles. The molecule has 5 heteroatoms. The summed E-state index contributed by atoms with van der Waals surface area (Å²) in [6.45, 7) is 0. The Morgan fingerprint density at radius 1 is 1.10 bits per heavy atom. The highest BCUT2D eigenvalue weighted by molar-refractivity contribution is 6.35.